The Morgan fingerprint density at radius 1 is 1.26 bits per heavy atom. The van der Waals surface area contributed by atoms with E-state index in [0.717, 1.165) is 25.0 Å². The smallest absolute Gasteiger partial charge is 0.349 e. The first kappa shape index (κ1) is 16.3. The number of alkyl halides is 3. The van der Waals surface area contributed by atoms with E-state index in [1.54, 1.807) is 0 Å². The second-order valence-electron chi connectivity index (χ2n) is 7.72. The summed E-state index contributed by atoms with van der Waals surface area (Å²) >= 11 is 0. The molecule has 2 saturated carbocycles. The average molecular weight is 325 g/mol. The van der Waals surface area contributed by atoms with Gasteiger partial charge in [-0.2, -0.15) is 13.2 Å². The van der Waals surface area contributed by atoms with Gasteiger partial charge in [-0.05, 0) is 54.2 Å². The number of carbonyl (C=O) groups excluding carboxylic acids is 1. The van der Waals surface area contributed by atoms with Crippen molar-refractivity contribution in [1.29, 1.82) is 0 Å². The second kappa shape index (κ2) is 4.99. The van der Waals surface area contributed by atoms with E-state index in [1.165, 1.54) is 18.6 Å². The van der Waals surface area contributed by atoms with E-state index in [1.807, 2.05) is 0 Å². The van der Waals surface area contributed by atoms with Crippen LogP contribution in [0.4, 0.5) is 13.2 Å². The van der Waals surface area contributed by atoms with Crippen molar-refractivity contribution in [1.82, 2.24) is 5.32 Å². The number of rotatable bonds is 2. The molecule has 2 fully saturated rings. The zero-order valence-electron chi connectivity index (χ0n) is 13.6. The minimum absolute atomic E-state index is 0.00889. The molecule has 1 N–H and O–H groups in total. The predicted molar refractivity (Wildman–Crippen MR) is 81.9 cm³/mol. The number of amides is 1. The third kappa shape index (κ3) is 2.45. The Labute approximate surface area is 134 Å². The van der Waals surface area contributed by atoms with Crippen molar-refractivity contribution in [2.75, 3.05) is 0 Å². The summed E-state index contributed by atoms with van der Waals surface area (Å²) in [6, 6.07) is 4.66. The molecule has 126 valence electrons. The summed E-state index contributed by atoms with van der Waals surface area (Å²) in [7, 11) is 0. The normalized spacial score (nSPS) is 32.1. The van der Waals surface area contributed by atoms with Crippen LogP contribution in [-0.2, 0) is 6.18 Å². The van der Waals surface area contributed by atoms with E-state index in [4.69, 9.17) is 0 Å². The van der Waals surface area contributed by atoms with Gasteiger partial charge in [0.05, 0.1) is 5.56 Å². The summed E-state index contributed by atoms with van der Waals surface area (Å²) in [5.41, 5.74) is -0.554. The Kier molecular flexibility index (Phi) is 3.54. The fourth-order valence-corrected chi connectivity index (χ4v) is 4.50. The van der Waals surface area contributed by atoms with Gasteiger partial charge in [0, 0.05) is 11.6 Å². The SMILES string of the molecule is CC1(C)[C@@H]2CC[C@@]1(C)[C@@H](NC(=O)c1cccc(C(F)(F)F)c1)C2. The van der Waals surface area contributed by atoms with E-state index in [2.05, 4.69) is 26.1 Å². The summed E-state index contributed by atoms with van der Waals surface area (Å²) in [5, 5.41) is 3.00. The van der Waals surface area contributed by atoms with Crippen LogP contribution in [0.2, 0.25) is 0 Å². The summed E-state index contributed by atoms with van der Waals surface area (Å²) < 4.78 is 38.4. The van der Waals surface area contributed by atoms with Crippen molar-refractivity contribution in [2.45, 2.75) is 52.3 Å². The fourth-order valence-electron chi connectivity index (χ4n) is 4.50. The third-order valence-electron chi connectivity index (χ3n) is 6.55. The molecular weight excluding hydrogens is 303 g/mol. The van der Waals surface area contributed by atoms with Crippen molar-refractivity contribution in [3.63, 3.8) is 0 Å². The van der Waals surface area contributed by atoms with Crippen molar-refractivity contribution >= 4 is 5.91 Å². The molecule has 0 spiro atoms. The molecule has 2 bridgehead atoms. The molecule has 2 nitrogen and oxygen atoms in total. The molecule has 1 aromatic carbocycles. The number of nitrogens with one attached hydrogen (secondary N) is 1. The topological polar surface area (TPSA) is 29.1 Å². The van der Waals surface area contributed by atoms with Gasteiger partial charge in [0.2, 0.25) is 0 Å². The number of hydrogen-bond acceptors (Lipinski definition) is 1. The molecule has 3 rings (SSSR count). The highest BCUT2D eigenvalue weighted by molar-refractivity contribution is 5.94. The highest BCUT2D eigenvalue weighted by Crippen LogP contribution is 2.65. The van der Waals surface area contributed by atoms with Gasteiger partial charge in [0.25, 0.3) is 5.91 Å². The lowest BCUT2D eigenvalue weighted by Gasteiger charge is -2.39. The molecule has 1 amide bonds. The van der Waals surface area contributed by atoms with Gasteiger partial charge < -0.3 is 5.32 Å². The van der Waals surface area contributed by atoms with Gasteiger partial charge >= 0.3 is 6.18 Å². The van der Waals surface area contributed by atoms with Gasteiger partial charge in [-0.3, -0.25) is 4.79 Å². The Morgan fingerprint density at radius 3 is 2.48 bits per heavy atom. The Hall–Kier alpha value is -1.52. The molecule has 2 aliphatic rings. The van der Waals surface area contributed by atoms with Crippen molar-refractivity contribution < 1.29 is 18.0 Å². The zero-order valence-corrected chi connectivity index (χ0v) is 13.6. The molecule has 1 aromatic rings. The van der Waals surface area contributed by atoms with Crippen LogP contribution in [0.25, 0.3) is 0 Å². The fraction of sp³-hybridized carbons (Fsp3) is 0.611. The molecule has 0 radical (unpaired) electrons. The predicted octanol–water partition coefficient (Wildman–Crippen LogP) is 4.65. The third-order valence-corrected chi connectivity index (χ3v) is 6.55. The first-order valence-electron chi connectivity index (χ1n) is 8.04. The first-order chi connectivity index (χ1) is 10.6. The largest absolute Gasteiger partial charge is 0.416 e. The Bertz CT molecular complexity index is 637. The number of carbonyl (C=O) groups is 1. The highest BCUT2D eigenvalue weighted by atomic mass is 19.4. The lowest BCUT2D eigenvalue weighted by Crippen LogP contribution is -2.46. The maximum absolute atomic E-state index is 12.8. The first-order valence-corrected chi connectivity index (χ1v) is 8.04. The summed E-state index contributed by atoms with van der Waals surface area (Å²) in [6.45, 7) is 6.67. The van der Waals surface area contributed by atoms with Gasteiger partial charge in [-0.1, -0.05) is 26.8 Å². The quantitative estimate of drug-likeness (QED) is 0.842. The summed E-state index contributed by atoms with van der Waals surface area (Å²) in [5.74, 6) is 0.157. The minimum Gasteiger partial charge on any atom is -0.349 e. The molecule has 0 aliphatic heterocycles. The average Bonchev–Trinajstić information content (AvgIpc) is 2.80. The lowest BCUT2D eigenvalue weighted by molar-refractivity contribution is -0.137. The van der Waals surface area contributed by atoms with Crippen LogP contribution in [0.15, 0.2) is 24.3 Å². The van der Waals surface area contributed by atoms with Crippen LogP contribution in [0.5, 0.6) is 0 Å². The van der Waals surface area contributed by atoms with E-state index >= 15 is 0 Å². The minimum atomic E-state index is -4.43. The van der Waals surface area contributed by atoms with Crippen LogP contribution in [0.1, 0.15) is 56.0 Å². The maximum atomic E-state index is 12.8. The van der Waals surface area contributed by atoms with E-state index in [-0.39, 0.29) is 22.4 Å². The molecule has 0 unspecified atom stereocenters. The van der Waals surface area contributed by atoms with Crippen molar-refractivity contribution in [2.24, 2.45) is 16.7 Å². The highest BCUT2D eigenvalue weighted by Gasteiger charge is 2.61. The van der Waals surface area contributed by atoms with Crippen LogP contribution in [-0.4, -0.2) is 11.9 Å². The maximum Gasteiger partial charge on any atom is 0.416 e. The van der Waals surface area contributed by atoms with Gasteiger partial charge in [-0.25, -0.2) is 0 Å². The summed E-state index contributed by atoms with van der Waals surface area (Å²) in [6.07, 6.45) is -1.30. The lowest BCUT2D eigenvalue weighted by atomic mass is 9.69. The number of fused-ring (bicyclic) bond motifs is 2. The number of halogens is 3. The molecule has 0 aromatic heterocycles. The monoisotopic (exact) mass is 325 g/mol. The number of benzene rings is 1. The zero-order chi connectivity index (χ0) is 17.0. The van der Waals surface area contributed by atoms with Crippen molar-refractivity contribution in [3.8, 4) is 0 Å². The van der Waals surface area contributed by atoms with Crippen LogP contribution in [0.3, 0.4) is 0 Å². The van der Waals surface area contributed by atoms with E-state index < -0.39 is 17.6 Å². The Balaban J connectivity index is 1.79. The molecule has 5 heteroatoms. The van der Waals surface area contributed by atoms with Crippen LogP contribution < -0.4 is 5.32 Å². The second-order valence-corrected chi connectivity index (χ2v) is 7.72. The van der Waals surface area contributed by atoms with Gasteiger partial charge in [0.15, 0.2) is 0 Å². The van der Waals surface area contributed by atoms with E-state index in [9.17, 15) is 18.0 Å². The molecule has 23 heavy (non-hydrogen) atoms. The van der Waals surface area contributed by atoms with Crippen molar-refractivity contribution in [3.05, 3.63) is 35.4 Å². The molecule has 2 aliphatic carbocycles. The number of hydrogen-bond donors (Lipinski definition) is 1. The van der Waals surface area contributed by atoms with E-state index in [0.29, 0.717) is 5.92 Å². The molecular formula is C18H22F3NO. The molecule has 0 saturated heterocycles. The van der Waals surface area contributed by atoms with Gasteiger partial charge in [-0.15, -0.1) is 0 Å². The van der Waals surface area contributed by atoms with Gasteiger partial charge in [0.1, 0.15) is 0 Å². The standard InChI is InChI=1S/C18H22F3NO/c1-16(2)12-7-8-17(16,3)14(10-12)22-15(23)11-5-4-6-13(9-11)18(19,20)21/h4-6,9,12,14H,7-8,10H2,1-3H3,(H,22,23)/t12-,14+,17+/m1/s1. The summed E-state index contributed by atoms with van der Waals surface area (Å²) in [4.78, 5) is 12.4. The molecule has 3 atom stereocenters. The Morgan fingerprint density at radius 2 is 1.96 bits per heavy atom. The van der Waals surface area contributed by atoms with Crippen LogP contribution in [0, 0.1) is 16.7 Å². The molecule has 0 heterocycles. The van der Waals surface area contributed by atoms with Crippen LogP contribution >= 0.6 is 0 Å².